The van der Waals surface area contributed by atoms with Crippen molar-refractivity contribution in [1.29, 1.82) is 0 Å². The number of aliphatic imine (C=N–C) groups is 1. The minimum Gasteiger partial charge on any atom is -0.286 e. The first-order valence-electron chi connectivity index (χ1n) is 5.60. The maximum absolute atomic E-state index is 10.2. The summed E-state index contributed by atoms with van der Waals surface area (Å²) in [5.41, 5.74) is 0.106. The molecule has 1 aromatic rings. The van der Waals surface area contributed by atoms with E-state index in [2.05, 4.69) is 4.99 Å². The van der Waals surface area contributed by atoms with Gasteiger partial charge in [0.2, 0.25) is 0 Å². The molecular formula is C13H17ClN2O. The molecule has 0 atom stereocenters. The summed E-state index contributed by atoms with van der Waals surface area (Å²) in [6.45, 7) is 7.97. The number of hydroxylamine groups is 2. The molecule has 0 bridgehead atoms. The summed E-state index contributed by atoms with van der Waals surface area (Å²) in [5.74, 6) is 0.594. The van der Waals surface area contributed by atoms with Crippen molar-refractivity contribution in [3.8, 4) is 0 Å². The number of halogens is 1. The van der Waals surface area contributed by atoms with Crippen LogP contribution in [0.4, 0.5) is 0 Å². The Morgan fingerprint density at radius 2 is 1.65 bits per heavy atom. The number of benzene rings is 1. The van der Waals surface area contributed by atoms with Crippen LogP contribution in [0.2, 0.25) is 5.02 Å². The molecule has 1 aromatic carbocycles. The summed E-state index contributed by atoms with van der Waals surface area (Å²) in [6, 6.07) is 7.32. The fourth-order valence-corrected chi connectivity index (χ4v) is 1.88. The highest BCUT2D eigenvalue weighted by Crippen LogP contribution is 2.37. The SMILES string of the molecule is CC1(C)N=C(c2ccc(Cl)cc2)N(O)C1(C)C. The van der Waals surface area contributed by atoms with E-state index in [1.54, 1.807) is 12.1 Å². The van der Waals surface area contributed by atoms with Crippen molar-refractivity contribution in [2.24, 2.45) is 4.99 Å². The molecule has 0 aliphatic carbocycles. The zero-order valence-electron chi connectivity index (χ0n) is 10.5. The van der Waals surface area contributed by atoms with Crippen LogP contribution in [0.5, 0.6) is 0 Å². The van der Waals surface area contributed by atoms with E-state index in [0.717, 1.165) is 5.56 Å². The number of rotatable bonds is 1. The predicted molar refractivity (Wildman–Crippen MR) is 69.8 cm³/mol. The van der Waals surface area contributed by atoms with Gasteiger partial charge in [-0.3, -0.25) is 10.2 Å². The molecule has 0 unspecified atom stereocenters. The molecular weight excluding hydrogens is 236 g/mol. The van der Waals surface area contributed by atoms with E-state index in [1.165, 1.54) is 5.06 Å². The Morgan fingerprint density at radius 1 is 1.12 bits per heavy atom. The predicted octanol–water partition coefficient (Wildman–Crippen LogP) is 3.35. The molecule has 0 saturated heterocycles. The standard InChI is InChI=1S/C13H17ClN2O/c1-12(2)13(3,4)16(17)11(15-12)9-5-7-10(14)8-6-9/h5-8,17H,1-4H3. The first-order valence-corrected chi connectivity index (χ1v) is 5.98. The summed E-state index contributed by atoms with van der Waals surface area (Å²) >= 11 is 5.85. The normalized spacial score (nSPS) is 21.5. The lowest BCUT2D eigenvalue weighted by molar-refractivity contribution is -0.0992. The van der Waals surface area contributed by atoms with Gasteiger partial charge in [0, 0.05) is 10.6 Å². The molecule has 2 rings (SSSR count). The highest BCUT2D eigenvalue weighted by molar-refractivity contribution is 6.30. The Hall–Kier alpha value is -1.06. The van der Waals surface area contributed by atoms with E-state index in [4.69, 9.17) is 11.6 Å². The van der Waals surface area contributed by atoms with Gasteiger partial charge in [0.1, 0.15) is 0 Å². The van der Waals surface area contributed by atoms with Crippen LogP contribution in [0.3, 0.4) is 0 Å². The summed E-state index contributed by atoms with van der Waals surface area (Å²) in [6.07, 6.45) is 0. The van der Waals surface area contributed by atoms with Gasteiger partial charge in [-0.15, -0.1) is 0 Å². The lowest BCUT2D eigenvalue weighted by atomic mass is 9.84. The lowest BCUT2D eigenvalue weighted by Gasteiger charge is -2.36. The fourth-order valence-electron chi connectivity index (χ4n) is 1.76. The topological polar surface area (TPSA) is 35.8 Å². The zero-order chi connectivity index (χ0) is 12.8. The van der Waals surface area contributed by atoms with Gasteiger partial charge in [-0.25, -0.2) is 5.06 Å². The van der Waals surface area contributed by atoms with Crippen LogP contribution in [-0.2, 0) is 0 Å². The molecule has 0 saturated carbocycles. The van der Waals surface area contributed by atoms with Gasteiger partial charge in [0.05, 0.1) is 11.1 Å². The highest BCUT2D eigenvalue weighted by Gasteiger charge is 2.49. The first kappa shape index (κ1) is 12.4. The Labute approximate surface area is 107 Å². The van der Waals surface area contributed by atoms with Gasteiger partial charge in [-0.1, -0.05) is 11.6 Å². The van der Waals surface area contributed by atoms with Gasteiger partial charge in [0.25, 0.3) is 0 Å². The van der Waals surface area contributed by atoms with E-state index in [1.807, 2.05) is 39.8 Å². The van der Waals surface area contributed by atoms with Crippen LogP contribution >= 0.6 is 11.6 Å². The maximum Gasteiger partial charge on any atom is 0.156 e. The van der Waals surface area contributed by atoms with Gasteiger partial charge in [-0.2, -0.15) is 0 Å². The Morgan fingerprint density at radius 3 is 2.06 bits per heavy atom. The number of nitrogens with zero attached hydrogens (tertiary/aromatic N) is 2. The molecule has 0 aromatic heterocycles. The summed E-state index contributed by atoms with van der Waals surface area (Å²) in [5, 5.41) is 12.2. The molecule has 1 aliphatic rings. The van der Waals surface area contributed by atoms with Gasteiger partial charge in [-0.05, 0) is 52.0 Å². The van der Waals surface area contributed by atoms with Crippen molar-refractivity contribution in [1.82, 2.24) is 5.06 Å². The van der Waals surface area contributed by atoms with Crippen molar-refractivity contribution >= 4 is 17.4 Å². The molecule has 3 nitrogen and oxygen atoms in total. The molecule has 1 aliphatic heterocycles. The van der Waals surface area contributed by atoms with Crippen molar-refractivity contribution in [3.05, 3.63) is 34.9 Å². The van der Waals surface area contributed by atoms with Gasteiger partial charge < -0.3 is 0 Å². The smallest absolute Gasteiger partial charge is 0.156 e. The molecule has 92 valence electrons. The molecule has 1 N–H and O–H groups in total. The minimum atomic E-state index is -0.429. The molecule has 0 spiro atoms. The average Bonchev–Trinajstić information content (AvgIpc) is 2.40. The molecule has 17 heavy (non-hydrogen) atoms. The van der Waals surface area contributed by atoms with E-state index in [9.17, 15) is 5.21 Å². The quantitative estimate of drug-likeness (QED) is 0.832. The largest absolute Gasteiger partial charge is 0.286 e. The number of hydrogen-bond donors (Lipinski definition) is 1. The maximum atomic E-state index is 10.2. The summed E-state index contributed by atoms with van der Waals surface area (Å²) in [4.78, 5) is 4.60. The minimum absolute atomic E-state index is 0.337. The Balaban J connectivity index is 2.45. The second kappa shape index (κ2) is 3.72. The van der Waals surface area contributed by atoms with Gasteiger partial charge >= 0.3 is 0 Å². The molecule has 1 heterocycles. The van der Waals surface area contributed by atoms with Crippen LogP contribution in [0, 0.1) is 0 Å². The van der Waals surface area contributed by atoms with Crippen LogP contribution < -0.4 is 0 Å². The summed E-state index contributed by atoms with van der Waals surface area (Å²) < 4.78 is 0. The van der Waals surface area contributed by atoms with Crippen LogP contribution in [0.1, 0.15) is 33.3 Å². The Bertz CT molecular complexity index is 463. The third-order valence-electron chi connectivity index (χ3n) is 3.72. The van der Waals surface area contributed by atoms with Crippen LogP contribution in [-0.4, -0.2) is 27.2 Å². The molecule has 0 fully saturated rings. The monoisotopic (exact) mass is 252 g/mol. The average molecular weight is 253 g/mol. The highest BCUT2D eigenvalue weighted by atomic mass is 35.5. The molecule has 0 radical (unpaired) electrons. The lowest BCUT2D eigenvalue weighted by Crippen LogP contribution is -2.51. The van der Waals surface area contributed by atoms with Crippen molar-refractivity contribution in [3.63, 3.8) is 0 Å². The van der Waals surface area contributed by atoms with Crippen LogP contribution in [0.15, 0.2) is 29.3 Å². The van der Waals surface area contributed by atoms with E-state index in [-0.39, 0.29) is 5.54 Å². The fraction of sp³-hybridized carbons (Fsp3) is 0.462. The first-order chi connectivity index (χ1) is 7.75. The third kappa shape index (κ3) is 1.83. The third-order valence-corrected chi connectivity index (χ3v) is 3.97. The van der Waals surface area contributed by atoms with E-state index in [0.29, 0.717) is 10.9 Å². The van der Waals surface area contributed by atoms with Crippen molar-refractivity contribution in [2.45, 2.75) is 38.8 Å². The Kier molecular flexibility index (Phi) is 2.71. The van der Waals surface area contributed by atoms with E-state index < -0.39 is 5.54 Å². The van der Waals surface area contributed by atoms with Gasteiger partial charge in [0.15, 0.2) is 5.84 Å². The second-order valence-electron chi connectivity index (χ2n) is 5.37. The molecule has 0 amide bonds. The van der Waals surface area contributed by atoms with Crippen molar-refractivity contribution < 1.29 is 5.21 Å². The number of hydrogen-bond acceptors (Lipinski definition) is 3. The zero-order valence-corrected chi connectivity index (χ0v) is 11.3. The van der Waals surface area contributed by atoms with E-state index >= 15 is 0 Å². The van der Waals surface area contributed by atoms with Crippen molar-refractivity contribution in [2.75, 3.05) is 0 Å². The van der Waals surface area contributed by atoms with Crippen LogP contribution in [0.25, 0.3) is 0 Å². The molecule has 4 heteroatoms. The second-order valence-corrected chi connectivity index (χ2v) is 5.81. The summed E-state index contributed by atoms with van der Waals surface area (Å²) in [7, 11) is 0. The number of amidine groups is 1.